The highest BCUT2D eigenvalue weighted by Gasteiger charge is 2.24. The molecular formula is C14H21NO2Si. The molecule has 0 saturated carbocycles. The van der Waals surface area contributed by atoms with Gasteiger partial charge in [0.2, 0.25) is 0 Å². The van der Waals surface area contributed by atoms with Gasteiger partial charge in [0.05, 0.1) is 12.2 Å². The second-order valence-electron chi connectivity index (χ2n) is 5.29. The molecule has 0 bridgehead atoms. The summed E-state index contributed by atoms with van der Waals surface area (Å²) in [5.41, 5.74) is 6.99. The molecular weight excluding hydrogens is 242 g/mol. The lowest BCUT2D eigenvalue weighted by Crippen LogP contribution is -2.23. The molecule has 1 aliphatic rings. The van der Waals surface area contributed by atoms with E-state index in [2.05, 4.69) is 43.4 Å². The minimum atomic E-state index is -1.26. The third kappa shape index (κ3) is 4.83. The van der Waals surface area contributed by atoms with Gasteiger partial charge in [-0.05, 0) is 12.8 Å². The Morgan fingerprint density at radius 2 is 2.22 bits per heavy atom. The molecule has 0 aliphatic carbocycles. The lowest BCUT2D eigenvalue weighted by molar-refractivity contribution is 0.163. The molecule has 0 aromatic heterocycles. The van der Waals surface area contributed by atoms with E-state index < -0.39 is 8.07 Å². The van der Waals surface area contributed by atoms with Crippen LogP contribution in [0.1, 0.15) is 19.3 Å². The van der Waals surface area contributed by atoms with E-state index in [1.807, 2.05) is 0 Å². The van der Waals surface area contributed by atoms with E-state index in [-0.39, 0.29) is 6.09 Å². The molecule has 0 atom stereocenters. The van der Waals surface area contributed by atoms with Gasteiger partial charge in [-0.15, -0.1) is 17.2 Å². The number of allylic oxidation sites excluding steroid dienone is 1. The van der Waals surface area contributed by atoms with Gasteiger partial charge in [0, 0.05) is 6.42 Å². The molecule has 0 radical (unpaired) electrons. The van der Waals surface area contributed by atoms with Gasteiger partial charge >= 0.3 is 6.09 Å². The Kier molecular flexibility index (Phi) is 5.27. The number of nitrogens with zero attached hydrogens (tertiary/aromatic N) is 1. The largest absolute Gasteiger partial charge is 0.447 e. The van der Waals surface area contributed by atoms with Crippen LogP contribution in [0.5, 0.6) is 0 Å². The molecule has 1 heterocycles. The van der Waals surface area contributed by atoms with Gasteiger partial charge in [0.1, 0.15) is 14.7 Å². The maximum Gasteiger partial charge on any atom is 0.414 e. The van der Waals surface area contributed by atoms with Crippen LogP contribution in [-0.4, -0.2) is 32.2 Å². The molecule has 3 nitrogen and oxygen atoms in total. The molecule has 0 aromatic carbocycles. The van der Waals surface area contributed by atoms with Crippen LogP contribution >= 0.6 is 0 Å². The van der Waals surface area contributed by atoms with E-state index in [0.29, 0.717) is 13.2 Å². The first-order chi connectivity index (χ1) is 8.44. The second kappa shape index (κ2) is 6.49. The molecule has 0 spiro atoms. The number of ether oxygens (including phenoxy) is 1. The average molecular weight is 263 g/mol. The van der Waals surface area contributed by atoms with Crippen LogP contribution in [0.3, 0.4) is 0 Å². The highest BCUT2D eigenvalue weighted by atomic mass is 28.3. The topological polar surface area (TPSA) is 29.5 Å². The van der Waals surface area contributed by atoms with E-state index in [0.717, 1.165) is 25.0 Å². The van der Waals surface area contributed by atoms with Crippen molar-refractivity contribution in [3.63, 3.8) is 0 Å². The van der Waals surface area contributed by atoms with Gasteiger partial charge in [-0.1, -0.05) is 26.2 Å². The minimum Gasteiger partial charge on any atom is -0.447 e. The Morgan fingerprint density at radius 1 is 1.50 bits per heavy atom. The Bertz CT molecular complexity index is 419. The Hall–Kier alpha value is -1.43. The Morgan fingerprint density at radius 3 is 2.72 bits per heavy atom. The van der Waals surface area contributed by atoms with Crippen molar-refractivity contribution in [2.24, 2.45) is 0 Å². The quantitative estimate of drug-likeness (QED) is 0.337. The summed E-state index contributed by atoms with van der Waals surface area (Å²) in [6.45, 7) is 11.4. The fraction of sp³-hybridized carbons (Fsp3) is 0.571. The zero-order valence-electron chi connectivity index (χ0n) is 11.5. The van der Waals surface area contributed by atoms with Crippen molar-refractivity contribution in [1.82, 2.24) is 4.90 Å². The summed E-state index contributed by atoms with van der Waals surface area (Å²) >= 11 is 0. The maximum absolute atomic E-state index is 11.4. The fourth-order valence-electron chi connectivity index (χ4n) is 1.63. The monoisotopic (exact) mass is 263 g/mol. The van der Waals surface area contributed by atoms with Crippen molar-refractivity contribution < 1.29 is 9.53 Å². The van der Waals surface area contributed by atoms with E-state index in [1.165, 1.54) is 0 Å². The highest BCUT2D eigenvalue weighted by Crippen LogP contribution is 2.16. The predicted molar refractivity (Wildman–Crippen MR) is 75.7 cm³/mol. The van der Waals surface area contributed by atoms with Gasteiger partial charge in [0.15, 0.2) is 0 Å². The van der Waals surface area contributed by atoms with Crippen LogP contribution in [0.2, 0.25) is 19.6 Å². The van der Waals surface area contributed by atoms with Crippen molar-refractivity contribution in [3.8, 4) is 11.5 Å². The smallest absolute Gasteiger partial charge is 0.414 e. The molecule has 1 amide bonds. The number of amides is 1. The first kappa shape index (κ1) is 14.6. The van der Waals surface area contributed by atoms with Gasteiger partial charge < -0.3 is 4.74 Å². The molecule has 18 heavy (non-hydrogen) atoms. The number of carbonyl (C=O) groups excluding carboxylic acids is 1. The van der Waals surface area contributed by atoms with Crippen molar-refractivity contribution >= 4 is 14.2 Å². The van der Waals surface area contributed by atoms with Crippen molar-refractivity contribution in [2.75, 3.05) is 13.2 Å². The van der Waals surface area contributed by atoms with Crippen molar-refractivity contribution in [2.45, 2.75) is 38.9 Å². The number of rotatable bonds is 4. The number of cyclic esters (lactones) is 1. The van der Waals surface area contributed by atoms with E-state index in [1.54, 1.807) is 4.90 Å². The Labute approximate surface area is 111 Å². The van der Waals surface area contributed by atoms with Crippen LogP contribution in [0.25, 0.3) is 0 Å². The van der Waals surface area contributed by atoms with E-state index in [9.17, 15) is 4.79 Å². The molecule has 0 unspecified atom stereocenters. The Balaban J connectivity index is 2.39. The van der Waals surface area contributed by atoms with Crippen LogP contribution in [-0.2, 0) is 4.74 Å². The molecule has 98 valence electrons. The van der Waals surface area contributed by atoms with Crippen molar-refractivity contribution in [3.05, 3.63) is 18.0 Å². The van der Waals surface area contributed by atoms with Gasteiger partial charge in [-0.3, -0.25) is 4.90 Å². The average Bonchev–Trinajstić information content (AvgIpc) is 2.68. The van der Waals surface area contributed by atoms with Crippen LogP contribution in [0.15, 0.2) is 18.0 Å². The molecule has 0 aromatic rings. The first-order valence-corrected chi connectivity index (χ1v) is 9.77. The summed E-state index contributed by atoms with van der Waals surface area (Å²) < 4.78 is 4.90. The van der Waals surface area contributed by atoms with Crippen molar-refractivity contribution in [1.29, 1.82) is 0 Å². The third-order valence-electron chi connectivity index (χ3n) is 2.47. The molecule has 0 N–H and O–H groups in total. The van der Waals surface area contributed by atoms with E-state index >= 15 is 0 Å². The second-order valence-corrected chi connectivity index (χ2v) is 10.0. The SMILES string of the molecule is C=C=C(CCCC#C[Si](C)(C)C)N1CCOC1=O. The maximum atomic E-state index is 11.4. The molecule has 1 rings (SSSR count). The summed E-state index contributed by atoms with van der Waals surface area (Å²) in [6.07, 6.45) is 2.28. The van der Waals surface area contributed by atoms with Gasteiger partial charge in [0.25, 0.3) is 0 Å². The summed E-state index contributed by atoms with van der Waals surface area (Å²) in [4.78, 5) is 13.0. The van der Waals surface area contributed by atoms with Gasteiger partial charge in [-0.25, -0.2) is 4.79 Å². The molecule has 1 fully saturated rings. The standard InChI is InChI=1S/C14H21NO2Si/c1-5-13(15-10-11-17-14(15)16)9-7-6-8-12-18(2,3)4/h1,6-7,9-11H2,2-4H3. The third-order valence-corrected chi connectivity index (χ3v) is 3.40. The normalized spacial score (nSPS) is 14.6. The lowest BCUT2D eigenvalue weighted by atomic mass is 10.2. The minimum absolute atomic E-state index is 0.283. The van der Waals surface area contributed by atoms with Gasteiger partial charge in [-0.2, -0.15) is 0 Å². The lowest BCUT2D eigenvalue weighted by Gasteiger charge is -2.14. The number of hydrogen-bond donors (Lipinski definition) is 0. The summed E-state index contributed by atoms with van der Waals surface area (Å²) in [7, 11) is -1.26. The van der Waals surface area contributed by atoms with Crippen LogP contribution in [0.4, 0.5) is 4.79 Å². The zero-order valence-corrected chi connectivity index (χ0v) is 12.5. The number of carbonyl (C=O) groups is 1. The number of unbranched alkanes of at least 4 members (excludes halogenated alkanes) is 1. The summed E-state index contributed by atoms with van der Waals surface area (Å²) in [5, 5.41) is 0. The summed E-state index contributed by atoms with van der Waals surface area (Å²) in [6, 6.07) is 0. The van der Waals surface area contributed by atoms with Crippen LogP contribution in [0, 0.1) is 11.5 Å². The number of hydrogen-bond acceptors (Lipinski definition) is 2. The molecule has 4 heteroatoms. The van der Waals surface area contributed by atoms with E-state index in [4.69, 9.17) is 4.74 Å². The molecule has 1 aliphatic heterocycles. The first-order valence-electron chi connectivity index (χ1n) is 6.27. The predicted octanol–water partition coefficient (Wildman–Crippen LogP) is 3.16. The summed E-state index contributed by atoms with van der Waals surface area (Å²) in [5.74, 6) is 3.22. The van der Waals surface area contributed by atoms with Crippen LogP contribution < -0.4 is 0 Å². The zero-order chi connectivity index (χ0) is 13.6. The highest BCUT2D eigenvalue weighted by molar-refractivity contribution is 6.83. The fourth-order valence-corrected chi connectivity index (χ4v) is 2.28. The molecule has 1 saturated heterocycles.